The van der Waals surface area contributed by atoms with E-state index in [2.05, 4.69) is 0 Å². The van der Waals surface area contributed by atoms with E-state index in [4.69, 9.17) is 29.2 Å². The van der Waals surface area contributed by atoms with Gasteiger partial charge in [0.25, 0.3) is 0 Å². The summed E-state index contributed by atoms with van der Waals surface area (Å²) in [6, 6.07) is 18.8. The van der Waals surface area contributed by atoms with Gasteiger partial charge < -0.3 is 29.2 Å². The van der Waals surface area contributed by atoms with E-state index >= 15 is 0 Å². The molecule has 0 unspecified atom stereocenters. The molecule has 2 N–H and O–H groups in total. The van der Waals surface area contributed by atoms with Crippen molar-refractivity contribution in [3.8, 4) is 17.2 Å². The predicted molar refractivity (Wildman–Crippen MR) is 187 cm³/mol. The topological polar surface area (TPSA) is 146 Å². The van der Waals surface area contributed by atoms with Gasteiger partial charge in [-0.1, -0.05) is 24.3 Å². The summed E-state index contributed by atoms with van der Waals surface area (Å²) in [5.41, 5.74) is 4.37. The van der Waals surface area contributed by atoms with Crippen molar-refractivity contribution in [3.63, 3.8) is 0 Å². The minimum atomic E-state index is -0.881. The number of benzene rings is 3. The Morgan fingerprint density at radius 3 is 1.46 bits per heavy atom. The largest absolute Gasteiger partial charge is 0.497 e. The highest BCUT2D eigenvalue weighted by Gasteiger charge is 2.14. The van der Waals surface area contributed by atoms with Crippen LogP contribution in [0.4, 0.5) is 0 Å². The van der Waals surface area contributed by atoms with Gasteiger partial charge in [-0.05, 0) is 101 Å². The highest BCUT2D eigenvalue weighted by molar-refractivity contribution is 5.99. The van der Waals surface area contributed by atoms with Crippen LogP contribution in [0.25, 0.3) is 0 Å². The molecule has 0 aliphatic carbocycles. The smallest absolute Gasteiger partial charge is 0.305 e. The fraction of sp³-hybridized carbons (Fsp3) is 0.421. The lowest BCUT2D eigenvalue weighted by Gasteiger charge is -2.08. The third-order valence-corrected chi connectivity index (χ3v) is 6.42. The number of carbonyl (C=O) groups excluding carboxylic acids is 3. The number of aliphatic carboxylic acids is 1. The maximum Gasteiger partial charge on any atom is 0.305 e. The Bertz CT molecular complexity index is 1410. The van der Waals surface area contributed by atoms with E-state index in [0.29, 0.717) is 48.5 Å². The van der Waals surface area contributed by atoms with Crippen LogP contribution < -0.4 is 14.2 Å². The predicted octanol–water partition coefficient (Wildman–Crippen LogP) is 7.36. The highest BCUT2D eigenvalue weighted by atomic mass is 16.5. The van der Waals surface area contributed by atoms with Gasteiger partial charge in [-0.15, -0.1) is 0 Å². The van der Waals surface area contributed by atoms with E-state index in [1.54, 1.807) is 46.3 Å². The van der Waals surface area contributed by atoms with Crippen molar-refractivity contribution in [1.82, 2.24) is 0 Å². The number of methoxy groups -OCH3 is 3. The van der Waals surface area contributed by atoms with Gasteiger partial charge in [0.1, 0.15) is 17.2 Å². The molecule has 48 heavy (non-hydrogen) atoms. The minimum Gasteiger partial charge on any atom is -0.497 e. The van der Waals surface area contributed by atoms with Crippen LogP contribution in [0.5, 0.6) is 17.2 Å². The van der Waals surface area contributed by atoms with Crippen LogP contribution in [0.1, 0.15) is 89.8 Å². The summed E-state index contributed by atoms with van der Waals surface area (Å²) >= 11 is 0. The van der Waals surface area contributed by atoms with Crippen LogP contribution in [0.3, 0.4) is 0 Å². The van der Waals surface area contributed by atoms with Gasteiger partial charge >= 0.3 is 11.9 Å². The Morgan fingerprint density at radius 1 is 0.625 bits per heavy atom. The molecule has 10 heteroatoms. The van der Waals surface area contributed by atoms with Crippen molar-refractivity contribution in [1.29, 1.82) is 0 Å². The van der Waals surface area contributed by atoms with Crippen LogP contribution in [-0.4, -0.2) is 68.3 Å². The number of hydrogen-bond acceptors (Lipinski definition) is 9. The van der Waals surface area contributed by atoms with Crippen molar-refractivity contribution in [2.45, 2.75) is 73.1 Å². The number of Topliss-reactive ketones (excluding diaryl/α,β-unsaturated/α-hetero) is 2. The van der Waals surface area contributed by atoms with Crippen LogP contribution in [0, 0.1) is 20.8 Å². The van der Waals surface area contributed by atoms with Crippen molar-refractivity contribution < 1.29 is 48.3 Å². The number of esters is 1. The molecule has 3 aromatic rings. The monoisotopic (exact) mass is 668 g/mol. The molecule has 0 atom stereocenters. The molecule has 10 nitrogen and oxygen atoms in total. The van der Waals surface area contributed by atoms with Gasteiger partial charge in [0.2, 0.25) is 0 Å². The second kappa shape index (κ2) is 25.4. The molecule has 0 aromatic heterocycles. The number of carboxylic acid groups (broad SMARTS) is 1. The third kappa shape index (κ3) is 18.4. The van der Waals surface area contributed by atoms with E-state index in [1.165, 1.54) is 12.7 Å². The number of aliphatic hydroxyl groups excluding tert-OH is 1. The summed E-state index contributed by atoms with van der Waals surface area (Å²) in [6.45, 7) is 9.97. The van der Waals surface area contributed by atoms with Crippen LogP contribution in [0.2, 0.25) is 0 Å². The number of ether oxygens (including phenoxy) is 4. The van der Waals surface area contributed by atoms with E-state index in [1.807, 2.05) is 63.2 Å². The lowest BCUT2D eigenvalue weighted by Crippen LogP contribution is -2.06. The number of aliphatic hydroxyl groups is 1. The molecule has 264 valence electrons. The van der Waals surface area contributed by atoms with Crippen LogP contribution >= 0.6 is 0 Å². The Kier molecular flexibility index (Phi) is 22.9. The van der Waals surface area contributed by atoms with Gasteiger partial charge in [-0.2, -0.15) is 0 Å². The lowest BCUT2D eigenvalue weighted by atomic mass is 10.0. The SMILES string of the molecule is CCO.CCOC(=O)CCCC(=O)c1ccc(C)cc1OC.COc1cc(C)ccc1C(=O)CCCC(=O)O.COc1cccc(C)c1. The van der Waals surface area contributed by atoms with Gasteiger partial charge in [0, 0.05) is 32.3 Å². The number of aryl methyl sites for hydroxylation is 3. The molecule has 0 spiro atoms. The Hall–Kier alpha value is -4.70. The molecule has 3 aromatic carbocycles. The minimum absolute atomic E-state index is 0.0128. The summed E-state index contributed by atoms with van der Waals surface area (Å²) in [7, 11) is 4.74. The van der Waals surface area contributed by atoms with E-state index in [0.717, 1.165) is 16.9 Å². The highest BCUT2D eigenvalue weighted by Crippen LogP contribution is 2.23. The van der Waals surface area contributed by atoms with Gasteiger partial charge in [-0.25, -0.2) is 0 Å². The number of hydrogen-bond donors (Lipinski definition) is 2. The quantitative estimate of drug-likeness (QED) is 0.132. The summed E-state index contributed by atoms with van der Waals surface area (Å²) < 4.78 is 20.1. The number of carbonyl (C=O) groups is 4. The molecule has 0 aliphatic heterocycles. The van der Waals surface area contributed by atoms with E-state index in [-0.39, 0.29) is 43.4 Å². The van der Waals surface area contributed by atoms with Crippen molar-refractivity contribution in [2.24, 2.45) is 0 Å². The standard InChI is InChI=1S/C15H20O4.C13H16O4.C8H10O.C2H6O/c1-4-19-15(17)7-5-6-13(16)12-9-8-11(2)10-14(12)18-3;1-9-6-7-10(12(8-9)17-2)11(14)4-3-5-13(15)16;1-7-4-3-5-8(6-7)9-2;1-2-3/h8-10H,4-7H2,1-3H3;6-8H,3-5H2,1-2H3,(H,15,16);3-6H,1-2H3;3H,2H2,1H3. The van der Waals surface area contributed by atoms with Crippen LogP contribution in [0.15, 0.2) is 60.7 Å². The van der Waals surface area contributed by atoms with Gasteiger partial charge in [0.15, 0.2) is 11.6 Å². The van der Waals surface area contributed by atoms with E-state index in [9.17, 15) is 19.2 Å². The summed E-state index contributed by atoms with van der Waals surface area (Å²) in [5, 5.41) is 16.1. The summed E-state index contributed by atoms with van der Waals surface area (Å²) in [4.78, 5) is 45.4. The molecule has 0 saturated carbocycles. The van der Waals surface area contributed by atoms with Crippen molar-refractivity contribution in [3.05, 3.63) is 88.5 Å². The zero-order chi connectivity index (χ0) is 36.5. The molecule has 0 heterocycles. The maximum atomic E-state index is 12.0. The Labute approximate surface area is 285 Å². The van der Waals surface area contributed by atoms with Gasteiger partial charge in [0.05, 0.1) is 39.1 Å². The molecule has 3 rings (SSSR count). The zero-order valence-corrected chi connectivity index (χ0v) is 29.6. The first-order valence-electron chi connectivity index (χ1n) is 15.8. The average molecular weight is 669 g/mol. The number of rotatable bonds is 14. The Morgan fingerprint density at radius 2 is 1.08 bits per heavy atom. The molecular weight excluding hydrogens is 616 g/mol. The van der Waals surface area contributed by atoms with Crippen molar-refractivity contribution in [2.75, 3.05) is 34.5 Å². The first-order chi connectivity index (χ1) is 22.9. The molecule has 0 amide bonds. The fourth-order valence-corrected chi connectivity index (χ4v) is 4.10. The molecule has 0 radical (unpaired) electrons. The van der Waals surface area contributed by atoms with Crippen LogP contribution in [-0.2, 0) is 14.3 Å². The third-order valence-electron chi connectivity index (χ3n) is 6.42. The first kappa shape index (κ1) is 43.3. The summed E-state index contributed by atoms with van der Waals surface area (Å²) in [6.07, 6.45) is 1.68. The second-order valence-electron chi connectivity index (χ2n) is 10.5. The Balaban J connectivity index is 0.000000695. The molecular formula is C38H52O10. The average Bonchev–Trinajstić information content (AvgIpc) is 3.05. The van der Waals surface area contributed by atoms with E-state index < -0.39 is 5.97 Å². The molecule has 0 aliphatic rings. The normalized spacial score (nSPS) is 9.60. The molecule has 0 fully saturated rings. The first-order valence-corrected chi connectivity index (χ1v) is 15.8. The second-order valence-corrected chi connectivity index (χ2v) is 10.5. The van der Waals surface area contributed by atoms with Gasteiger partial charge in [-0.3, -0.25) is 19.2 Å². The summed E-state index contributed by atoms with van der Waals surface area (Å²) in [5.74, 6) is 0.825. The van der Waals surface area contributed by atoms with Crippen molar-refractivity contribution >= 4 is 23.5 Å². The fourth-order valence-electron chi connectivity index (χ4n) is 4.10. The number of carboxylic acids is 1. The number of ketones is 2. The molecule has 0 saturated heterocycles. The molecule has 0 bridgehead atoms. The maximum absolute atomic E-state index is 12.0. The lowest BCUT2D eigenvalue weighted by molar-refractivity contribution is -0.143. The zero-order valence-electron chi connectivity index (χ0n) is 29.6.